The van der Waals surface area contributed by atoms with E-state index in [2.05, 4.69) is 31.9 Å². The number of primary amides is 1. The van der Waals surface area contributed by atoms with Crippen molar-refractivity contribution in [1.82, 2.24) is 46.2 Å². The normalized spacial score (nSPS) is 16.5. The lowest BCUT2D eigenvalue weighted by Crippen LogP contribution is -2.58. The highest BCUT2D eigenvalue weighted by Gasteiger charge is 2.39. The van der Waals surface area contributed by atoms with Gasteiger partial charge in [-0.25, -0.2) is 4.79 Å². The van der Waals surface area contributed by atoms with Gasteiger partial charge >= 0.3 is 6.03 Å². The standard InChI is InChI=1S/C87H157N11O42/c1-57(2)75(86(127)93-60(7-6-16-90-87(88)128)84(125)91-59-11-9-58(52-99)10-12-59)94-85(126)61(92-70(112)8-4-3-5-18-98-73(115)13-14-74(98)116)47-71(113)89-17-24-130-26-28-132-30-32-134-34-36-136-38-40-138-42-44-140-46-45-139-43-41-137-39-37-135-35-33-133-31-29-131-27-25-129-23-15-72(114)97(21-19-95(48-62(104)76(117)80(121)66(108)53-100)49-63(105)77(118)81(122)67(109)54-101)22-20-96(50-64(106)78(119)82(123)68(110)55-102)51-65(107)79(120)83(124)69(111)56-103/h9-14,57,60-69,75-83,99-111,117-124H,3-8,15-56H2,1-2H3,(H,89,113)(H,91,125)(H,92,112)(H,93,127)(H,94,126)(H3,88,90,128)/t60-,61-,62-,63-,64-,65-,66+,67+,68+,69+,75-,76+,77+,78+,79+,80+,81+,82+,83+/m0/s1. The zero-order chi connectivity index (χ0) is 104. The van der Waals surface area contributed by atoms with Crippen molar-refractivity contribution in [2.45, 2.75) is 188 Å². The van der Waals surface area contributed by atoms with E-state index in [1.165, 1.54) is 12.2 Å². The number of imide groups is 1. The molecule has 1 aromatic carbocycles. The van der Waals surface area contributed by atoms with Gasteiger partial charge in [-0.3, -0.25) is 53.1 Å². The lowest BCUT2D eigenvalue weighted by molar-refractivity contribution is -0.138. The number of nitrogens with one attached hydrogen (secondary N) is 6. The van der Waals surface area contributed by atoms with Gasteiger partial charge in [0, 0.05) is 96.3 Å². The Kier molecular flexibility index (Phi) is 72.0. The Morgan fingerprint density at radius 1 is 0.364 bits per heavy atom. The maximum atomic E-state index is 14.1. The van der Waals surface area contributed by atoms with Gasteiger partial charge in [-0.1, -0.05) is 32.4 Å². The zero-order valence-electron chi connectivity index (χ0n) is 79.8. The predicted octanol–water partition coefficient (Wildman–Crippen LogP) is -13.6. The summed E-state index contributed by atoms with van der Waals surface area (Å²) in [6.07, 6.45) is -30.1. The maximum Gasteiger partial charge on any atom is 0.312 e. The number of urea groups is 1. The summed E-state index contributed by atoms with van der Waals surface area (Å²) in [6, 6.07) is 1.64. The van der Waals surface area contributed by atoms with Gasteiger partial charge in [0.05, 0.1) is 229 Å². The average molecular weight is 2030 g/mol. The maximum absolute atomic E-state index is 14.1. The molecule has 0 aliphatic carbocycles. The van der Waals surface area contributed by atoms with Gasteiger partial charge in [0.25, 0.3) is 11.8 Å². The van der Waals surface area contributed by atoms with E-state index in [0.29, 0.717) is 103 Å². The van der Waals surface area contributed by atoms with Crippen molar-refractivity contribution in [3.63, 3.8) is 0 Å². The van der Waals surface area contributed by atoms with Crippen molar-refractivity contribution in [3.8, 4) is 0 Å². The molecular formula is C87H157N11O42. The fourth-order valence-corrected chi connectivity index (χ4v) is 13.1. The summed E-state index contributed by atoms with van der Waals surface area (Å²) >= 11 is 0. The first-order chi connectivity index (χ1) is 67.0. The third kappa shape index (κ3) is 56.9. The summed E-state index contributed by atoms with van der Waals surface area (Å²) in [5.74, 6) is -5.57. The first-order valence-electron chi connectivity index (χ1n) is 46.7. The van der Waals surface area contributed by atoms with Gasteiger partial charge in [-0.05, 0) is 49.3 Å². The first-order valence-corrected chi connectivity index (χ1v) is 46.7. The van der Waals surface area contributed by atoms with E-state index in [1.54, 1.807) is 38.1 Å². The van der Waals surface area contributed by atoms with Crippen molar-refractivity contribution in [2.75, 3.05) is 262 Å². The van der Waals surface area contributed by atoms with E-state index in [9.17, 15) is 150 Å². The number of rotatable bonds is 90. The van der Waals surface area contributed by atoms with Crippen LogP contribution in [0, 0.1) is 5.92 Å². The van der Waals surface area contributed by atoms with E-state index in [-0.39, 0.29) is 138 Å². The van der Waals surface area contributed by atoms with Crippen LogP contribution in [0.2, 0.25) is 0 Å². The molecule has 0 unspecified atom stereocenters. The number of amides is 10. The number of hydrogen-bond acceptors (Lipinski definition) is 44. The van der Waals surface area contributed by atoms with Crippen LogP contribution >= 0.6 is 0 Å². The van der Waals surface area contributed by atoms with Crippen LogP contribution in [-0.2, 0) is 102 Å². The molecule has 53 heteroatoms. The molecule has 10 amide bonds. The average Bonchev–Trinajstić information content (AvgIpc) is 1.03. The van der Waals surface area contributed by atoms with Crippen LogP contribution in [0.5, 0.6) is 0 Å². The lowest BCUT2D eigenvalue weighted by Gasteiger charge is -2.36. The molecule has 0 fully saturated rings. The third-order valence-corrected chi connectivity index (χ3v) is 21.4. The Labute approximate surface area is 812 Å². The second kappa shape index (κ2) is 78.2. The number of carbonyl (C=O) groups excluding carboxylic acids is 9. The molecular weight excluding hydrogens is 1870 g/mol. The lowest BCUT2D eigenvalue weighted by atomic mass is 10.0. The third-order valence-electron chi connectivity index (χ3n) is 21.4. The van der Waals surface area contributed by atoms with Crippen molar-refractivity contribution in [1.29, 1.82) is 0 Å². The molecule has 0 bridgehead atoms. The molecule has 0 spiro atoms. The topological polar surface area (TPSA) is 800 Å². The molecule has 0 aromatic heterocycles. The molecule has 1 aromatic rings. The van der Waals surface area contributed by atoms with Crippen LogP contribution in [0.3, 0.4) is 0 Å². The van der Waals surface area contributed by atoms with Crippen LogP contribution in [-0.4, -0.2) is 553 Å². The summed E-state index contributed by atoms with van der Waals surface area (Å²) in [5.41, 5.74) is 6.17. The van der Waals surface area contributed by atoms with Crippen molar-refractivity contribution in [2.24, 2.45) is 11.7 Å². The monoisotopic (exact) mass is 2030 g/mol. The van der Waals surface area contributed by atoms with E-state index in [4.69, 9.17) is 62.6 Å². The molecule has 0 saturated heterocycles. The number of hydrogen-bond donors (Lipinski definition) is 28. The van der Waals surface area contributed by atoms with Crippen molar-refractivity contribution < 1.29 is 207 Å². The summed E-state index contributed by atoms with van der Waals surface area (Å²) in [6.45, 7) is 0.0972. The molecule has 0 saturated carbocycles. The first kappa shape index (κ1) is 129. The van der Waals surface area contributed by atoms with Gasteiger partial charge in [-0.2, -0.15) is 0 Å². The Balaban J connectivity index is 1.68. The van der Waals surface area contributed by atoms with E-state index in [1.807, 2.05) is 0 Å². The molecule has 29 N–H and O–H groups in total. The molecule has 140 heavy (non-hydrogen) atoms. The van der Waals surface area contributed by atoms with Crippen LogP contribution < -0.4 is 37.6 Å². The summed E-state index contributed by atoms with van der Waals surface area (Å²) in [5, 5.41) is 230. The van der Waals surface area contributed by atoms with Gasteiger partial charge in [-0.15, -0.1) is 0 Å². The predicted molar refractivity (Wildman–Crippen MR) is 489 cm³/mol. The van der Waals surface area contributed by atoms with Crippen LogP contribution in [0.4, 0.5) is 10.5 Å². The second-order valence-electron chi connectivity index (χ2n) is 32.9. The van der Waals surface area contributed by atoms with E-state index in [0.717, 1.165) is 19.6 Å². The number of aliphatic hydroxyl groups excluding tert-OH is 21. The van der Waals surface area contributed by atoms with Crippen LogP contribution in [0.25, 0.3) is 0 Å². The molecule has 1 aliphatic rings. The number of ether oxygens (including phenoxy) is 12. The fraction of sp³-hybridized carbons (Fsp3) is 0.805. The molecule has 0 radical (unpaired) electrons. The highest BCUT2D eigenvalue weighted by molar-refractivity contribution is 6.12. The number of unbranched alkanes of at least 4 members (excludes halogenated alkanes) is 2. The number of aliphatic hydroxyl groups is 21. The van der Waals surface area contributed by atoms with Crippen LogP contribution in [0.15, 0.2) is 36.4 Å². The number of benzene rings is 1. The number of nitrogens with two attached hydrogens (primary N) is 1. The van der Waals surface area contributed by atoms with Gasteiger partial charge in [0.2, 0.25) is 35.4 Å². The second-order valence-corrected chi connectivity index (χ2v) is 32.9. The van der Waals surface area contributed by atoms with Crippen LogP contribution in [0.1, 0.15) is 70.8 Å². The molecule has 1 heterocycles. The quantitative estimate of drug-likeness (QED) is 0.0213. The highest BCUT2D eigenvalue weighted by atomic mass is 16.6. The van der Waals surface area contributed by atoms with Gasteiger partial charge in [0.15, 0.2) is 0 Å². The van der Waals surface area contributed by atoms with Gasteiger partial charge in [0.1, 0.15) is 91.4 Å². The molecule has 1 aliphatic heterocycles. The molecule has 53 nitrogen and oxygen atoms in total. The Bertz CT molecular complexity index is 3350. The minimum absolute atomic E-state index is 0.0187. The Morgan fingerprint density at radius 2 is 0.714 bits per heavy atom. The Morgan fingerprint density at radius 3 is 1.06 bits per heavy atom. The minimum Gasteiger partial charge on any atom is -0.394 e. The molecule has 2 rings (SSSR count). The highest BCUT2D eigenvalue weighted by Crippen LogP contribution is 2.18. The number of nitrogens with zero attached hydrogens (tertiary/aromatic N) is 4. The summed E-state index contributed by atoms with van der Waals surface area (Å²) in [4.78, 5) is 122. The van der Waals surface area contributed by atoms with Gasteiger partial charge < -0.3 is 207 Å². The smallest absolute Gasteiger partial charge is 0.312 e. The van der Waals surface area contributed by atoms with E-state index >= 15 is 0 Å². The fourth-order valence-electron chi connectivity index (χ4n) is 13.1. The minimum atomic E-state index is -2.16. The van der Waals surface area contributed by atoms with E-state index < -0.39 is 260 Å². The summed E-state index contributed by atoms with van der Waals surface area (Å²) < 4.78 is 66.6. The largest absolute Gasteiger partial charge is 0.394 e. The molecule has 812 valence electrons. The SMILES string of the molecule is CC(C)[C@H](NC(=O)[C@H](CC(=O)NCCOCCOCCOCCOCCOCCOCCOCCOCCOCCOCCOCCOCCC(=O)N(CCN(C[C@H](O)[C@@H](O)[C@H](O)[C@H](O)CO)C[C@H](O)[C@@H](O)[C@H](O)[C@H](O)CO)CCN(C[C@H](O)[C@@H](O)[C@H](O)[C@H](O)CO)C[C@H](O)[C@@H](O)[C@H](O)[C@H](O)CO)NC(=O)CCCCCN1C(=O)C=CC1=O)C(=O)N[C@@H](CCCNC(N)=O)C(=O)Nc1ccc(CO)cc1. The zero-order valence-corrected chi connectivity index (χ0v) is 79.8. The number of anilines is 1. The van der Waals surface area contributed by atoms with Crippen molar-refractivity contribution in [3.05, 3.63) is 42.0 Å². The van der Waals surface area contributed by atoms with Crippen molar-refractivity contribution >= 4 is 59.0 Å². The molecule has 19 atom stereocenters. The Hall–Kier alpha value is -7.21. The number of carbonyl (C=O) groups is 9. The summed E-state index contributed by atoms with van der Waals surface area (Å²) in [7, 11) is 0.